The molecule has 2 aromatic rings. The van der Waals surface area contributed by atoms with Crippen molar-refractivity contribution in [3.05, 3.63) is 53.7 Å². The molecule has 0 radical (unpaired) electrons. The molecule has 0 aliphatic heterocycles. The zero-order valence-electron chi connectivity index (χ0n) is 8.95. The zero-order valence-corrected chi connectivity index (χ0v) is 8.95. The van der Waals surface area contributed by atoms with Gasteiger partial charge in [-0.15, -0.1) is 0 Å². The Morgan fingerprint density at radius 2 is 1.82 bits per heavy atom. The van der Waals surface area contributed by atoms with E-state index in [4.69, 9.17) is 9.52 Å². The van der Waals surface area contributed by atoms with Gasteiger partial charge in [-0.1, -0.05) is 0 Å². The van der Waals surface area contributed by atoms with Gasteiger partial charge in [0.15, 0.2) is 12.0 Å². The van der Waals surface area contributed by atoms with E-state index in [9.17, 15) is 9.59 Å². The predicted octanol–water partition coefficient (Wildman–Crippen LogP) is 1.48. The molecule has 0 saturated carbocycles. The van der Waals surface area contributed by atoms with Crippen molar-refractivity contribution in [1.82, 2.24) is 4.98 Å². The van der Waals surface area contributed by atoms with Crippen LogP contribution in [-0.2, 0) is 6.61 Å². The van der Waals surface area contributed by atoms with Crippen LogP contribution in [0.15, 0.2) is 41.1 Å². The van der Waals surface area contributed by atoms with Gasteiger partial charge >= 0.3 is 0 Å². The van der Waals surface area contributed by atoms with E-state index in [1.165, 1.54) is 6.07 Å². The second-order valence-electron chi connectivity index (χ2n) is 2.98. The molecule has 5 nitrogen and oxygen atoms in total. The van der Waals surface area contributed by atoms with Crippen LogP contribution in [0.1, 0.15) is 26.7 Å². The van der Waals surface area contributed by atoms with Gasteiger partial charge in [0.2, 0.25) is 0 Å². The SMILES string of the molecule is O=Cc1ccc(CO)o1.O=Cc1ccncc1. The third-order valence-electron chi connectivity index (χ3n) is 1.80. The first-order valence-corrected chi connectivity index (χ1v) is 4.80. The summed E-state index contributed by atoms with van der Waals surface area (Å²) in [5.41, 5.74) is 0.667. The van der Waals surface area contributed by atoms with Gasteiger partial charge < -0.3 is 9.52 Å². The molecule has 0 spiro atoms. The number of hydrogen-bond acceptors (Lipinski definition) is 5. The molecule has 2 aromatic heterocycles. The van der Waals surface area contributed by atoms with Crippen molar-refractivity contribution in [3.8, 4) is 0 Å². The first kappa shape index (κ1) is 12.8. The minimum atomic E-state index is -0.159. The first-order valence-electron chi connectivity index (χ1n) is 4.80. The number of nitrogens with zero attached hydrogens (tertiary/aromatic N) is 1. The summed E-state index contributed by atoms with van der Waals surface area (Å²) in [6.07, 6.45) is 4.56. The van der Waals surface area contributed by atoms with E-state index < -0.39 is 0 Å². The zero-order chi connectivity index (χ0) is 12.5. The summed E-state index contributed by atoms with van der Waals surface area (Å²) in [6, 6.07) is 6.39. The van der Waals surface area contributed by atoms with Crippen LogP contribution in [0.5, 0.6) is 0 Å². The lowest BCUT2D eigenvalue weighted by atomic mass is 10.3. The highest BCUT2D eigenvalue weighted by Gasteiger charge is 1.96. The number of pyridine rings is 1. The fraction of sp³-hybridized carbons (Fsp3) is 0.0833. The Hall–Kier alpha value is -2.27. The van der Waals surface area contributed by atoms with Crippen LogP contribution < -0.4 is 0 Å². The molecule has 0 bridgehead atoms. The van der Waals surface area contributed by atoms with E-state index >= 15 is 0 Å². The summed E-state index contributed by atoms with van der Waals surface area (Å²) in [5, 5.41) is 8.44. The van der Waals surface area contributed by atoms with Crippen LogP contribution in [0.25, 0.3) is 0 Å². The average molecular weight is 233 g/mol. The van der Waals surface area contributed by atoms with Crippen LogP contribution in [0.2, 0.25) is 0 Å². The molecular weight excluding hydrogens is 222 g/mol. The number of aliphatic hydroxyl groups excluding tert-OH is 1. The van der Waals surface area contributed by atoms with Gasteiger partial charge in [0.05, 0.1) is 0 Å². The number of furan rings is 1. The molecule has 17 heavy (non-hydrogen) atoms. The fourth-order valence-corrected chi connectivity index (χ4v) is 0.985. The van der Waals surface area contributed by atoms with Crippen LogP contribution in [0, 0.1) is 0 Å². The molecule has 1 N–H and O–H groups in total. The number of hydrogen-bond donors (Lipinski definition) is 1. The third kappa shape index (κ3) is 4.40. The van der Waals surface area contributed by atoms with E-state index in [0.29, 0.717) is 17.6 Å². The van der Waals surface area contributed by atoms with Crippen LogP contribution >= 0.6 is 0 Å². The van der Waals surface area contributed by atoms with Crippen molar-refractivity contribution in [2.24, 2.45) is 0 Å². The van der Waals surface area contributed by atoms with Crippen LogP contribution in [0.3, 0.4) is 0 Å². The lowest BCUT2D eigenvalue weighted by Crippen LogP contribution is -1.76. The van der Waals surface area contributed by atoms with Crippen molar-refractivity contribution < 1.29 is 19.1 Å². The average Bonchev–Trinajstić information content (AvgIpc) is 2.88. The lowest BCUT2D eigenvalue weighted by molar-refractivity contribution is 0.109. The Kier molecular flexibility index (Phi) is 5.33. The van der Waals surface area contributed by atoms with Crippen LogP contribution in [0.4, 0.5) is 0 Å². The number of carbonyl (C=O) groups excluding carboxylic acids is 2. The Balaban J connectivity index is 0.000000171. The normalized spacial score (nSPS) is 9.00. The highest BCUT2D eigenvalue weighted by Crippen LogP contribution is 2.03. The van der Waals surface area contributed by atoms with E-state index in [1.54, 1.807) is 30.6 Å². The van der Waals surface area contributed by atoms with Gasteiger partial charge in [-0.3, -0.25) is 14.6 Å². The Morgan fingerprint density at radius 3 is 2.18 bits per heavy atom. The summed E-state index contributed by atoms with van der Waals surface area (Å²) in [6.45, 7) is -0.159. The lowest BCUT2D eigenvalue weighted by Gasteiger charge is -1.82. The van der Waals surface area contributed by atoms with Gasteiger partial charge in [0.25, 0.3) is 0 Å². The molecule has 0 unspecified atom stereocenters. The molecule has 88 valence electrons. The molecule has 0 aromatic carbocycles. The Morgan fingerprint density at radius 1 is 1.12 bits per heavy atom. The Bertz CT molecular complexity index is 464. The number of aromatic nitrogens is 1. The number of rotatable bonds is 3. The fourth-order valence-electron chi connectivity index (χ4n) is 0.985. The van der Waals surface area contributed by atoms with E-state index in [0.717, 1.165) is 6.29 Å². The smallest absolute Gasteiger partial charge is 0.185 e. The standard InChI is InChI=1S/C6H5NO.C6H6O3/c8-5-6-1-3-7-4-2-6;7-3-5-1-2-6(4-8)9-5/h1-5H;1-3,8H,4H2. The molecule has 2 heterocycles. The van der Waals surface area contributed by atoms with Crippen LogP contribution in [-0.4, -0.2) is 22.7 Å². The Labute approximate surface area is 97.7 Å². The topological polar surface area (TPSA) is 80.4 Å². The molecular formula is C12H11NO4. The van der Waals surface area contributed by atoms with E-state index in [-0.39, 0.29) is 12.4 Å². The molecule has 0 aliphatic rings. The monoisotopic (exact) mass is 233 g/mol. The third-order valence-corrected chi connectivity index (χ3v) is 1.80. The maximum Gasteiger partial charge on any atom is 0.185 e. The largest absolute Gasteiger partial charge is 0.456 e. The minimum absolute atomic E-state index is 0.159. The van der Waals surface area contributed by atoms with Crippen molar-refractivity contribution in [2.75, 3.05) is 0 Å². The number of aldehydes is 2. The second kappa shape index (κ2) is 7.08. The molecule has 0 amide bonds. The van der Waals surface area contributed by atoms with E-state index in [2.05, 4.69) is 4.98 Å². The maximum absolute atomic E-state index is 9.98. The van der Waals surface area contributed by atoms with E-state index in [1.807, 2.05) is 0 Å². The van der Waals surface area contributed by atoms with Gasteiger partial charge in [-0.05, 0) is 24.3 Å². The van der Waals surface area contributed by atoms with Gasteiger partial charge in [0.1, 0.15) is 18.7 Å². The summed E-state index contributed by atoms with van der Waals surface area (Å²) in [4.78, 5) is 23.7. The van der Waals surface area contributed by atoms with Gasteiger partial charge in [0, 0.05) is 18.0 Å². The molecule has 0 saturated heterocycles. The molecule has 2 rings (SSSR count). The van der Waals surface area contributed by atoms with Crippen molar-refractivity contribution in [3.63, 3.8) is 0 Å². The van der Waals surface area contributed by atoms with Crippen molar-refractivity contribution >= 4 is 12.6 Å². The maximum atomic E-state index is 9.98. The van der Waals surface area contributed by atoms with Crippen molar-refractivity contribution in [1.29, 1.82) is 0 Å². The molecule has 5 heteroatoms. The number of aliphatic hydroxyl groups is 1. The summed E-state index contributed by atoms with van der Waals surface area (Å²) >= 11 is 0. The summed E-state index contributed by atoms with van der Waals surface area (Å²) in [5.74, 6) is 0.663. The van der Waals surface area contributed by atoms with Crippen molar-refractivity contribution in [2.45, 2.75) is 6.61 Å². The quantitative estimate of drug-likeness (QED) is 0.812. The number of carbonyl (C=O) groups is 2. The summed E-state index contributed by atoms with van der Waals surface area (Å²) < 4.78 is 4.76. The molecule has 0 aliphatic carbocycles. The minimum Gasteiger partial charge on any atom is -0.456 e. The van der Waals surface area contributed by atoms with Gasteiger partial charge in [-0.25, -0.2) is 0 Å². The summed E-state index contributed by atoms with van der Waals surface area (Å²) in [7, 11) is 0. The second-order valence-corrected chi connectivity index (χ2v) is 2.98. The highest BCUT2D eigenvalue weighted by atomic mass is 16.4. The van der Waals surface area contributed by atoms with Gasteiger partial charge in [-0.2, -0.15) is 0 Å². The molecule has 0 atom stereocenters. The first-order chi connectivity index (χ1) is 8.30. The highest BCUT2D eigenvalue weighted by molar-refractivity contribution is 5.74. The predicted molar refractivity (Wildman–Crippen MR) is 59.6 cm³/mol. The molecule has 0 fully saturated rings.